The van der Waals surface area contributed by atoms with Crippen molar-refractivity contribution in [3.63, 3.8) is 0 Å². The van der Waals surface area contributed by atoms with Gasteiger partial charge < -0.3 is 24.6 Å². The van der Waals surface area contributed by atoms with Crippen molar-refractivity contribution in [2.75, 3.05) is 17.2 Å². The van der Waals surface area contributed by atoms with Crippen LogP contribution in [-0.4, -0.2) is 45.2 Å². The Balaban J connectivity index is 1.49. The number of nitrogens with one attached hydrogen (secondary N) is 2. The zero-order valence-electron chi connectivity index (χ0n) is 20.3. The molecule has 10 nitrogen and oxygen atoms in total. The first-order chi connectivity index (χ1) is 16.9. The molecule has 0 unspecified atom stereocenters. The van der Waals surface area contributed by atoms with Gasteiger partial charge in [0.15, 0.2) is 11.6 Å². The minimum atomic E-state index is -0.396. The molecule has 0 spiro atoms. The molecule has 0 aliphatic rings. The molecule has 0 aliphatic heterocycles. The van der Waals surface area contributed by atoms with Crippen LogP contribution in [0.3, 0.4) is 0 Å². The Morgan fingerprint density at radius 2 is 1.89 bits per heavy atom. The molecule has 178 valence electrons. The number of rotatable bonds is 7. The standard InChI is InChI=1S/C24H26BN7O3/c1-5-34-21-8-17(10-27-23(21)35-25)22-26-11-20(16(4)29-22)31-24(33)30-18-6-14(2)7-19(9-18)32-12-15(3)28-13-32/h6-13H,5,25H2,1-4H3,(H2,30,31,33). The van der Waals surface area contributed by atoms with Gasteiger partial charge in [0.05, 0.1) is 36.2 Å². The van der Waals surface area contributed by atoms with Gasteiger partial charge >= 0.3 is 14.1 Å². The maximum atomic E-state index is 12.7. The van der Waals surface area contributed by atoms with E-state index in [0.29, 0.717) is 46.7 Å². The highest BCUT2D eigenvalue weighted by atomic mass is 16.5. The number of hydrogen-bond acceptors (Lipinski definition) is 7. The van der Waals surface area contributed by atoms with Crippen LogP contribution in [0.1, 0.15) is 23.9 Å². The SMILES string of the molecule is BOc1ncc(-c2ncc(NC(=O)Nc3cc(C)cc(-n4cnc(C)c4)c3)c(C)n2)cc1OCC. The van der Waals surface area contributed by atoms with Gasteiger partial charge in [-0.25, -0.2) is 24.7 Å². The number of benzene rings is 1. The first kappa shape index (κ1) is 23.7. The third-order valence-corrected chi connectivity index (χ3v) is 5.13. The van der Waals surface area contributed by atoms with Gasteiger partial charge in [-0.05, 0) is 57.5 Å². The molecule has 0 fully saturated rings. The fraction of sp³-hybridized carbons (Fsp3) is 0.208. The Labute approximate surface area is 204 Å². The van der Waals surface area contributed by atoms with E-state index in [1.807, 2.05) is 49.7 Å². The van der Waals surface area contributed by atoms with E-state index >= 15 is 0 Å². The van der Waals surface area contributed by atoms with Crippen molar-refractivity contribution < 1.29 is 14.2 Å². The third-order valence-electron chi connectivity index (χ3n) is 5.13. The summed E-state index contributed by atoms with van der Waals surface area (Å²) in [6, 6.07) is 7.18. The zero-order valence-corrected chi connectivity index (χ0v) is 20.3. The van der Waals surface area contributed by atoms with E-state index in [0.717, 1.165) is 16.9 Å². The highest BCUT2D eigenvalue weighted by molar-refractivity contribution is 6.00. The molecule has 11 heteroatoms. The minimum absolute atomic E-state index is 0.393. The molecule has 0 saturated carbocycles. The number of urea groups is 1. The number of ether oxygens (including phenoxy) is 1. The van der Waals surface area contributed by atoms with Gasteiger partial charge in [0.1, 0.15) is 0 Å². The van der Waals surface area contributed by atoms with Crippen molar-refractivity contribution in [2.24, 2.45) is 0 Å². The molecular formula is C24H26BN7O3. The summed E-state index contributed by atoms with van der Waals surface area (Å²) in [6.45, 7) is 8.06. The number of aromatic nitrogens is 5. The van der Waals surface area contributed by atoms with Gasteiger partial charge in [0, 0.05) is 29.3 Å². The van der Waals surface area contributed by atoms with Crippen LogP contribution < -0.4 is 20.0 Å². The summed E-state index contributed by atoms with van der Waals surface area (Å²) < 4.78 is 12.7. The Hall–Kier alpha value is -4.41. The van der Waals surface area contributed by atoms with E-state index in [2.05, 4.69) is 30.6 Å². The second kappa shape index (κ2) is 10.2. The zero-order chi connectivity index (χ0) is 24.9. The maximum absolute atomic E-state index is 12.7. The Morgan fingerprint density at radius 3 is 2.57 bits per heavy atom. The van der Waals surface area contributed by atoms with Crippen molar-refractivity contribution in [3.05, 3.63) is 66.1 Å². The van der Waals surface area contributed by atoms with Gasteiger partial charge in [-0.3, -0.25) is 0 Å². The summed E-state index contributed by atoms with van der Waals surface area (Å²) in [7, 11) is 1.53. The van der Waals surface area contributed by atoms with Crippen LogP contribution in [0.2, 0.25) is 0 Å². The quantitative estimate of drug-likeness (QED) is 0.396. The molecule has 0 saturated heterocycles. The van der Waals surface area contributed by atoms with E-state index in [4.69, 9.17) is 9.39 Å². The molecule has 2 amide bonds. The molecule has 2 N–H and O–H groups in total. The summed E-state index contributed by atoms with van der Waals surface area (Å²) in [5.74, 6) is 1.37. The lowest BCUT2D eigenvalue weighted by Gasteiger charge is -2.13. The van der Waals surface area contributed by atoms with Crippen LogP contribution in [0.5, 0.6) is 11.6 Å². The smallest absolute Gasteiger partial charge is 0.324 e. The van der Waals surface area contributed by atoms with Crippen molar-refractivity contribution in [1.82, 2.24) is 24.5 Å². The number of imidazole rings is 1. The molecule has 4 aromatic rings. The molecule has 0 aliphatic carbocycles. The molecular weight excluding hydrogens is 445 g/mol. The van der Waals surface area contributed by atoms with Gasteiger partial charge in [-0.2, -0.15) is 0 Å². The Kier molecular flexibility index (Phi) is 6.95. The van der Waals surface area contributed by atoms with Gasteiger partial charge in [0.2, 0.25) is 5.88 Å². The van der Waals surface area contributed by atoms with Crippen LogP contribution in [0.15, 0.2) is 49.2 Å². The van der Waals surface area contributed by atoms with Crippen molar-refractivity contribution in [2.45, 2.75) is 27.7 Å². The molecule has 3 heterocycles. The lowest BCUT2D eigenvalue weighted by Crippen LogP contribution is -2.20. The van der Waals surface area contributed by atoms with Crippen LogP contribution in [-0.2, 0) is 0 Å². The Morgan fingerprint density at radius 1 is 1.06 bits per heavy atom. The van der Waals surface area contributed by atoms with E-state index in [-0.39, 0.29) is 0 Å². The number of hydrogen-bond donors (Lipinski definition) is 2. The highest BCUT2D eigenvalue weighted by Crippen LogP contribution is 2.29. The number of aryl methyl sites for hydroxylation is 3. The summed E-state index contributed by atoms with van der Waals surface area (Å²) in [6.07, 6.45) is 6.85. The minimum Gasteiger partial charge on any atom is -0.552 e. The average Bonchev–Trinajstić information content (AvgIpc) is 3.26. The largest absolute Gasteiger partial charge is 0.552 e. The summed E-state index contributed by atoms with van der Waals surface area (Å²) in [5.41, 5.74) is 5.27. The number of amides is 2. The van der Waals surface area contributed by atoms with E-state index in [1.165, 1.54) is 8.05 Å². The molecule has 0 radical (unpaired) electrons. The summed E-state index contributed by atoms with van der Waals surface area (Å²) in [5, 5.41) is 5.69. The number of anilines is 2. The topological polar surface area (TPSA) is 116 Å². The molecule has 1 aromatic carbocycles. The lowest BCUT2D eigenvalue weighted by molar-refractivity contribution is 0.262. The summed E-state index contributed by atoms with van der Waals surface area (Å²) in [4.78, 5) is 30.2. The fourth-order valence-electron chi connectivity index (χ4n) is 3.53. The first-order valence-corrected chi connectivity index (χ1v) is 11.1. The van der Waals surface area contributed by atoms with Crippen molar-refractivity contribution in [1.29, 1.82) is 0 Å². The maximum Gasteiger partial charge on any atom is 0.324 e. The summed E-state index contributed by atoms with van der Waals surface area (Å²) >= 11 is 0. The predicted molar refractivity (Wildman–Crippen MR) is 136 cm³/mol. The highest BCUT2D eigenvalue weighted by Gasteiger charge is 2.13. The molecule has 35 heavy (non-hydrogen) atoms. The van der Waals surface area contributed by atoms with Crippen LogP contribution in [0, 0.1) is 20.8 Å². The second-order valence-electron chi connectivity index (χ2n) is 7.92. The monoisotopic (exact) mass is 471 g/mol. The third kappa shape index (κ3) is 5.57. The number of nitrogens with zero attached hydrogens (tertiary/aromatic N) is 5. The van der Waals surface area contributed by atoms with Crippen LogP contribution in [0.25, 0.3) is 17.1 Å². The van der Waals surface area contributed by atoms with E-state index in [9.17, 15) is 4.79 Å². The van der Waals surface area contributed by atoms with E-state index < -0.39 is 6.03 Å². The number of carbonyl (C=O) groups excluding carboxylic acids is 1. The lowest BCUT2D eigenvalue weighted by atomic mass is 10.2. The van der Waals surface area contributed by atoms with Gasteiger partial charge in [-0.1, -0.05) is 0 Å². The second-order valence-corrected chi connectivity index (χ2v) is 7.92. The number of pyridine rings is 1. The molecule has 0 bridgehead atoms. The first-order valence-electron chi connectivity index (χ1n) is 11.1. The molecule has 3 aromatic heterocycles. The van der Waals surface area contributed by atoms with Crippen LogP contribution >= 0.6 is 0 Å². The van der Waals surface area contributed by atoms with Gasteiger partial charge in [-0.15, -0.1) is 0 Å². The molecule has 4 rings (SSSR count). The molecule has 0 atom stereocenters. The van der Waals surface area contributed by atoms with Crippen molar-refractivity contribution >= 4 is 25.5 Å². The fourth-order valence-corrected chi connectivity index (χ4v) is 3.53. The Bertz CT molecular complexity index is 1370. The van der Waals surface area contributed by atoms with Gasteiger partial charge in [0.25, 0.3) is 0 Å². The van der Waals surface area contributed by atoms with Crippen LogP contribution in [0.4, 0.5) is 16.2 Å². The normalized spacial score (nSPS) is 10.6. The van der Waals surface area contributed by atoms with E-state index in [1.54, 1.807) is 31.7 Å². The number of carbonyl (C=O) groups is 1. The predicted octanol–water partition coefficient (Wildman–Crippen LogP) is 3.62. The average molecular weight is 471 g/mol. The van der Waals surface area contributed by atoms with Crippen molar-refractivity contribution in [3.8, 4) is 28.7 Å².